The molecular formula is C20H14N6S. The molecule has 0 aliphatic rings. The molecule has 0 atom stereocenters. The Kier molecular flexibility index (Phi) is 4.56. The maximum Gasteiger partial charge on any atom is 0.227 e. The molecule has 0 aliphatic heterocycles. The molecule has 0 aliphatic carbocycles. The Morgan fingerprint density at radius 3 is 2.70 bits per heavy atom. The van der Waals surface area contributed by atoms with Gasteiger partial charge < -0.3 is 5.32 Å². The van der Waals surface area contributed by atoms with E-state index in [1.807, 2.05) is 48.7 Å². The lowest BCUT2D eigenvalue weighted by atomic mass is 10.2. The highest BCUT2D eigenvalue weighted by Gasteiger charge is 2.10. The summed E-state index contributed by atoms with van der Waals surface area (Å²) in [4.78, 5) is 17.7. The Morgan fingerprint density at radius 1 is 1.04 bits per heavy atom. The van der Waals surface area contributed by atoms with Crippen molar-refractivity contribution in [2.24, 2.45) is 0 Å². The van der Waals surface area contributed by atoms with Crippen molar-refractivity contribution >= 4 is 23.0 Å². The van der Waals surface area contributed by atoms with E-state index >= 15 is 0 Å². The van der Waals surface area contributed by atoms with Crippen LogP contribution >= 0.6 is 11.3 Å². The lowest BCUT2D eigenvalue weighted by molar-refractivity contribution is 1.13. The summed E-state index contributed by atoms with van der Waals surface area (Å²) in [6.45, 7) is 1.86. The number of nitrogens with zero attached hydrogens (tertiary/aromatic N) is 5. The highest BCUT2D eigenvalue weighted by molar-refractivity contribution is 7.13. The van der Waals surface area contributed by atoms with Gasteiger partial charge in [-0.05, 0) is 19.1 Å². The number of aromatic nitrogens is 4. The van der Waals surface area contributed by atoms with E-state index in [4.69, 9.17) is 5.26 Å². The highest BCUT2D eigenvalue weighted by atomic mass is 32.1. The van der Waals surface area contributed by atoms with Crippen LogP contribution in [0.3, 0.4) is 0 Å². The predicted molar refractivity (Wildman–Crippen MR) is 106 cm³/mol. The number of nitriles is 1. The van der Waals surface area contributed by atoms with Crippen molar-refractivity contribution in [2.75, 3.05) is 5.32 Å². The molecule has 0 unspecified atom stereocenters. The standard InChI is InChI=1S/C20H14N6S/c1-13-17(9-14(10-21)11-23-13)26-20-22-8-7-16(25-20)18-12-27-19(24-18)15-5-3-2-4-6-15/h2-9,11-12H,1H3,(H,22,25,26). The quantitative estimate of drug-likeness (QED) is 0.565. The maximum atomic E-state index is 9.05. The number of anilines is 2. The van der Waals surface area contributed by atoms with Gasteiger partial charge in [0.15, 0.2) is 0 Å². The molecule has 130 valence electrons. The molecule has 0 saturated carbocycles. The normalized spacial score (nSPS) is 10.4. The zero-order chi connectivity index (χ0) is 18.6. The van der Waals surface area contributed by atoms with E-state index in [0.717, 1.165) is 27.7 Å². The molecule has 27 heavy (non-hydrogen) atoms. The smallest absolute Gasteiger partial charge is 0.227 e. The summed E-state index contributed by atoms with van der Waals surface area (Å²) in [6.07, 6.45) is 3.22. The van der Waals surface area contributed by atoms with Crippen LogP contribution in [0.25, 0.3) is 22.0 Å². The highest BCUT2D eigenvalue weighted by Crippen LogP contribution is 2.28. The van der Waals surface area contributed by atoms with Gasteiger partial charge >= 0.3 is 0 Å². The van der Waals surface area contributed by atoms with E-state index in [2.05, 4.69) is 31.3 Å². The van der Waals surface area contributed by atoms with Crippen LogP contribution in [0.4, 0.5) is 11.6 Å². The Bertz CT molecular complexity index is 1130. The van der Waals surface area contributed by atoms with Crippen molar-refractivity contribution in [1.82, 2.24) is 19.9 Å². The SMILES string of the molecule is Cc1ncc(C#N)cc1Nc1nccc(-c2csc(-c3ccccc3)n2)n1. The van der Waals surface area contributed by atoms with Crippen LogP contribution in [0.15, 0.2) is 60.2 Å². The maximum absolute atomic E-state index is 9.05. The lowest BCUT2D eigenvalue weighted by Gasteiger charge is -2.08. The average molecular weight is 370 g/mol. The van der Waals surface area contributed by atoms with E-state index in [1.165, 1.54) is 6.20 Å². The Hall–Kier alpha value is -3.63. The summed E-state index contributed by atoms with van der Waals surface area (Å²) in [5.41, 5.74) is 4.55. The van der Waals surface area contributed by atoms with E-state index in [-0.39, 0.29) is 0 Å². The fourth-order valence-electron chi connectivity index (χ4n) is 2.51. The molecule has 1 aromatic carbocycles. The number of benzene rings is 1. The molecule has 3 aromatic heterocycles. The zero-order valence-electron chi connectivity index (χ0n) is 14.4. The molecule has 0 spiro atoms. The first kappa shape index (κ1) is 16.8. The minimum absolute atomic E-state index is 0.432. The van der Waals surface area contributed by atoms with Crippen molar-refractivity contribution in [1.29, 1.82) is 5.26 Å². The molecular weight excluding hydrogens is 356 g/mol. The Balaban J connectivity index is 1.62. The third kappa shape index (κ3) is 3.66. The predicted octanol–water partition coefficient (Wildman–Crippen LogP) is 4.59. The summed E-state index contributed by atoms with van der Waals surface area (Å²) < 4.78 is 0. The van der Waals surface area contributed by atoms with Crippen molar-refractivity contribution in [3.8, 4) is 28.0 Å². The molecule has 7 heteroatoms. The Morgan fingerprint density at radius 2 is 1.89 bits per heavy atom. The lowest BCUT2D eigenvalue weighted by Crippen LogP contribution is -2.01. The topological polar surface area (TPSA) is 87.4 Å². The minimum atomic E-state index is 0.432. The number of hydrogen-bond donors (Lipinski definition) is 1. The molecule has 1 N–H and O–H groups in total. The van der Waals surface area contributed by atoms with Crippen LogP contribution in [0.5, 0.6) is 0 Å². The van der Waals surface area contributed by atoms with E-state index in [9.17, 15) is 0 Å². The van der Waals surface area contributed by atoms with Gasteiger partial charge in [-0.25, -0.2) is 15.0 Å². The van der Waals surface area contributed by atoms with Crippen LogP contribution in [0, 0.1) is 18.3 Å². The molecule has 6 nitrogen and oxygen atoms in total. The molecule has 0 bridgehead atoms. The van der Waals surface area contributed by atoms with Crippen LogP contribution in [0.1, 0.15) is 11.3 Å². The largest absolute Gasteiger partial charge is 0.323 e. The molecule has 0 radical (unpaired) electrons. The van der Waals surface area contributed by atoms with Crippen molar-refractivity contribution < 1.29 is 0 Å². The number of aryl methyl sites for hydroxylation is 1. The zero-order valence-corrected chi connectivity index (χ0v) is 15.2. The van der Waals surface area contributed by atoms with Crippen molar-refractivity contribution in [3.05, 3.63) is 71.5 Å². The van der Waals surface area contributed by atoms with Gasteiger partial charge in [0, 0.05) is 23.3 Å². The third-order valence-electron chi connectivity index (χ3n) is 3.91. The summed E-state index contributed by atoms with van der Waals surface area (Å²) in [5, 5.41) is 15.1. The van der Waals surface area contributed by atoms with Gasteiger partial charge in [-0.15, -0.1) is 11.3 Å². The fraction of sp³-hybridized carbons (Fsp3) is 0.0500. The second-order valence-electron chi connectivity index (χ2n) is 5.76. The fourth-order valence-corrected chi connectivity index (χ4v) is 3.33. The molecule has 4 rings (SSSR count). The Labute approximate surface area is 160 Å². The monoisotopic (exact) mass is 370 g/mol. The third-order valence-corrected chi connectivity index (χ3v) is 4.80. The first-order valence-electron chi connectivity index (χ1n) is 8.21. The van der Waals surface area contributed by atoms with E-state index in [0.29, 0.717) is 17.2 Å². The average Bonchev–Trinajstić information content (AvgIpc) is 3.21. The molecule has 3 heterocycles. The summed E-state index contributed by atoms with van der Waals surface area (Å²) in [7, 11) is 0. The van der Waals surface area contributed by atoms with Gasteiger partial charge in [0.05, 0.1) is 22.6 Å². The van der Waals surface area contributed by atoms with E-state index in [1.54, 1.807) is 23.6 Å². The van der Waals surface area contributed by atoms with Gasteiger partial charge in [-0.1, -0.05) is 30.3 Å². The van der Waals surface area contributed by atoms with Gasteiger partial charge in [0.25, 0.3) is 0 Å². The summed E-state index contributed by atoms with van der Waals surface area (Å²) in [6, 6.07) is 15.7. The first-order chi connectivity index (χ1) is 13.2. The van der Waals surface area contributed by atoms with Gasteiger partial charge in [0.1, 0.15) is 16.8 Å². The number of thiazole rings is 1. The number of pyridine rings is 1. The van der Waals surface area contributed by atoms with Crippen LogP contribution in [0.2, 0.25) is 0 Å². The van der Waals surface area contributed by atoms with Crippen molar-refractivity contribution in [3.63, 3.8) is 0 Å². The minimum Gasteiger partial charge on any atom is -0.323 e. The second-order valence-corrected chi connectivity index (χ2v) is 6.62. The summed E-state index contributed by atoms with van der Waals surface area (Å²) in [5.74, 6) is 0.432. The van der Waals surface area contributed by atoms with Gasteiger partial charge in [-0.2, -0.15) is 5.26 Å². The molecule has 4 aromatic rings. The van der Waals surface area contributed by atoms with Crippen LogP contribution in [-0.4, -0.2) is 19.9 Å². The second kappa shape index (κ2) is 7.32. The van der Waals surface area contributed by atoms with E-state index < -0.39 is 0 Å². The number of hydrogen-bond acceptors (Lipinski definition) is 7. The number of rotatable bonds is 4. The molecule has 0 saturated heterocycles. The molecule has 0 amide bonds. The summed E-state index contributed by atoms with van der Waals surface area (Å²) >= 11 is 1.58. The van der Waals surface area contributed by atoms with Crippen molar-refractivity contribution in [2.45, 2.75) is 6.92 Å². The van der Waals surface area contributed by atoms with Crippen LogP contribution in [-0.2, 0) is 0 Å². The van der Waals surface area contributed by atoms with Crippen LogP contribution < -0.4 is 5.32 Å². The first-order valence-corrected chi connectivity index (χ1v) is 9.09. The van der Waals surface area contributed by atoms with Gasteiger partial charge in [0.2, 0.25) is 5.95 Å². The van der Waals surface area contributed by atoms with Gasteiger partial charge in [-0.3, -0.25) is 4.98 Å². The molecule has 0 fully saturated rings. The number of nitrogens with one attached hydrogen (secondary N) is 1.